The summed E-state index contributed by atoms with van der Waals surface area (Å²) in [4.78, 5) is 36.0. The summed E-state index contributed by atoms with van der Waals surface area (Å²) >= 11 is 0. The van der Waals surface area contributed by atoms with Gasteiger partial charge in [0.05, 0.1) is 49.7 Å². The summed E-state index contributed by atoms with van der Waals surface area (Å²) in [5.74, 6) is -5.15. The maximum atomic E-state index is 13.0. The van der Waals surface area contributed by atoms with Crippen molar-refractivity contribution in [1.29, 1.82) is 0 Å². The zero-order valence-electron chi connectivity index (χ0n) is 34.0. The summed E-state index contributed by atoms with van der Waals surface area (Å²) in [5, 5.41) is 21.0. The van der Waals surface area contributed by atoms with Gasteiger partial charge in [0.2, 0.25) is 11.8 Å². The minimum Gasteiger partial charge on any atom is -1.00 e. The van der Waals surface area contributed by atoms with E-state index in [2.05, 4.69) is 24.3 Å². The number of alkyl halides is 16. The van der Waals surface area contributed by atoms with Crippen molar-refractivity contribution < 1.29 is 145 Å². The fourth-order valence-electron chi connectivity index (χ4n) is 5.61. The predicted octanol–water partition coefficient (Wildman–Crippen LogP) is 4.70. The van der Waals surface area contributed by atoms with Crippen LogP contribution in [0.3, 0.4) is 0 Å². The first kappa shape index (κ1) is 60.4. The van der Waals surface area contributed by atoms with Crippen LogP contribution in [0.25, 0.3) is 0 Å². The van der Waals surface area contributed by atoms with Gasteiger partial charge in [-0.3, -0.25) is 14.4 Å². The summed E-state index contributed by atoms with van der Waals surface area (Å²) in [7, 11) is 1.00. The van der Waals surface area contributed by atoms with Gasteiger partial charge in [-0.1, -0.05) is 24.3 Å². The second-order valence-corrected chi connectivity index (χ2v) is 13.2. The molecular weight excluding hydrogens is 930 g/mol. The number of nitrogens with one attached hydrogen (secondary N) is 2. The van der Waals surface area contributed by atoms with Crippen molar-refractivity contribution in [3.8, 4) is 11.5 Å². The van der Waals surface area contributed by atoms with E-state index in [4.69, 9.17) is 5.11 Å². The van der Waals surface area contributed by atoms with Gasteiger partial charge in [0.25, 0.3) is 0 Å². The van der Waals surface area contributed by atoms with Gasteiger partial charge in [-0.15, -0.1) is 26.3 Å². The molecule has 4 N–H and O–H groups in total. The van der Waals surface area contributed by atoms with E-state index in [1.165, 1.54) is 6.07 Å². The van der Waals surface area contributed by atoms with E-state index < -0.39 is 135 Å². The van der Waals surface area contributed by atoms with Crippen LogP contribution in [0.2, 0.25) is 0 Å². The Kier molecular flexibility index (Phi) is 23.4. The third kappa shape index (κ3) is 19.1. The van der Waals surface area contributed by atoms with Gasteiger partial charge in [-0.05, 0) is 61.1 Å². The van der Waals surface area contributed by atoms with Crippen molar-refractivity contribution >= 4 is 26.0 Å². The molecule has 2 amide bonds. The molecule has 2 saturated carbocycles. The van der Waals surface area contributed by atoms with Crippen LogP contribution in [0.5, 0.6) is 11.5 Å². The Morgan fingerprint density at radius 3 is 1.38 bits per heavy atom. The third-order valence-corrected chi connectivity index (χ3v) is 8.95. The molecule has 357 valence electrons. The number of ketones is 1. The Bertz CT molecular complexity index is 1790. The molecule has 0 heterocycles. The van der Waals surface area contributed by atoms with Gasteiger partial charge < -0.3 is 41.2 Å². The number of ether oxygens (including phenoxy) is 4. The van der Waals surface area contributed by atoms with E-state index in [0.29, 0.717) is 0 Å². The molecule has 11 nitrogen and oxygen atoms in total. The molecule has 0 bridgehead atoms. The standard InChI is InChI=1S/C17H17F8NO4.C17H15F8NO4.CH4O.B.Na.H/c2*18-14(19)29-8-11(9-2-1-3-10(6-9)30-17(23,24)25)26-13(28)7-12(27)15(4-5-15)16(20,21)22;1-2;;;/h1-3,6,11-12,14,27H,4-5,7-8H2,(H,26,28);1-3,6,11,14H,4-5,7-8H2,(H,26,28);2H,1H3;;;/q;;;;+1;-1/t11-,12?;11-;;;;/m00..../s1. The quantitative estimate of drug-likeness (QED) is 0.0947. The van der Waals surface area contributed by atoms with E-state index >= 15 is 0 Å². The maximum Gasteiger partial charge on any atom is 1.00 e. The average molecular weight is 967 g/mol. The van der Waals surface area contributed by atoms with Gasteiger partial charge in [0.1, 0.15) is 16.9 Å². The van der Waals surface area contributed by atoms with Crippen LogP contribution in [0.4, 0.5) is 70.2 Å². The summed E-state index contributed by atoms with van der Waals surface area (Å²) < 4.78 is 217. The molecule has 2 aromatic carbocycles. The van der Waals surface area contributed by atoms with Crippen molar-refractivity contribution in [3.05, 3.63) is 59.7 Å². The molecule has 3 radical (unpaired) electrons. The first-order valence-corrected chi connectivity index (χ1v) is 17.4. The van der Waals surface area contributed by atoms with Crippen molar-refractivity contribution in [1.82, 2.24) is 10.6 Å². The molecule has 64 heavy (non-hydrogen) atoms. The molecule has 2 aromatic rings. The predicted molar refractivity (Wildman–Crippen MR) is 183 cm³/mol. The number of halogens is 16. The largest absolute Gasteiger partial charge is 1.00 e. The zero-order valence-corrected chi connectivity index (χ0v) is 35.0. The number of hydrogen-bond acceptors (Lipinski definition) is 9. The first-order valence-electron chi connectivity index (χ1n) is 17.4. The fraction of sp³-hybridized carbons (Fsp3) is 0.571. The number of carbonyl (C=O) groups is 3. The second kappa shape index (κ2) is 24.8. The summed E-state index contributed by atoms with van der Waals surface area (Å²) in [5.41, 5.74) is -5.29. The monoisotopic (exact) mass is 967 g/mol. The van der Waals surface area contributed by atoms with Crippen LogP contribution in [0.1, 0.15) is 63.2 Å². The van der Waals surface area contributed by atoms with E-state index in [1.54, 1.807) is 0 Å². The van der Waals surface area contributed by atoms with Gasteiger partial charge >= 0.3 is 67.9 Å². The number of benzene rings is 2. The molecule has 1 unspecified atom stereocenters. The molecule has 2 aliphatic rings. The molecule has 2 aliphatic carbocycles. The average Bonchev–Trinajstić information content (AvgIpc) is 4.05. The zero-order chi connectivity index (χ0) is 47.5. The van der Waals surface area contributed by atoms with Gasteiger partial charge in [0.15, 0.2) is 5.78 Å². The summed E-state index contributed by atoms with van der Waals surface area (Å²) in [6.45, 7) is -8.37. The molecule has 0 aromatic heterocycles. The molecule has 29 heteroatoms. The van der Waals surface area contributed by atoms with Crippen molar-refractivity contribution in [2.24, 2.45) is 10.8 Å². The number of carbonyl (C=O) groups excluding carboxylic acids is 3. The number of amides is 2. The normalized spacial score (nSPS) is 16.5. The Hall–Kier alpha value is -3.57. The van der Waals surface area contributed by atoms with Crippen molar-refractivity contribution in [3.63, 3.8) is 0 Å². The van der Waals surface area contributed by atoms with Crippen LogP contribution in [-0.4, -0.2) is 101 Å². The molecule has 0 aliphatic heterocycles. The van der Waals surface area contributed by atoms with Crippen LogP contribution in [-0.2, 0) is 23.9 Å². The molecule has 0 saturated heterocycles. The van der Waals surface area contributed by atoms with Gasteiger partial charge in [-0.2, -0.15) is 43.9 Å². The topological polar surface area (TPSA) is 153 Å². The molecule has 3 atom stereocenters. The van der Waals surface area contributed by atoms with Crippen LogP contribution in [0, 0.1) is 10.8 Å². The molecule has 2 fully saturated rings. The number of aliphatic hydroxyl groups is 2. The number of rotatable bonds is 18. The van der Waals surface area contributed by atoms with Crippen LogP contribution in [0.15, 0.2) is 48.5 Å². The number of aliphatic hydroxyl groups excluding tert-OH is 2. The molecule has 0 spiro atoms. The summed E-state index contributed by atoms with van der Waals surface area (Å²) in [6.07, 6.45) is -25.5. The summed E-state index contributed by atoms with van der Waals surface area (Å²) in [6, 6.07) is 5.02. The Balaban J connectivity index is 0. The van der Waals surface area contributed by atoms with Crippen LogP contribution >= 0.6 is 0 Å². The number of Topliss-reactive ketones (excluding diaryl/α,β-unsaturated/α-hetero) is 1. The third-order valence-electron chi connectivity index (χ3n) is 8.95. The fourth-order valence-corrected chi connectivity index (χ4v) is 5.61. The minimum absolute atomic E-state index is 0. The van der Waals surface area contributed by atoms with Crippen LogP contribution < -0.4 is 49.7 Å². The Morgan fingerprint density at radius 1 is 0.672 bits per heavy atom. The Labute approximate surface area is 377 Å². The number of hydrogen-bond donors (Lipinski definition) is 4. The molecule has 4 rings (SSSR count). The maximum absolute atomic E-state index is 13.0. The van der Waals surface area contributed by atoms with E-state index in [-0.39, 0.29) is 63.4 Å². The minimum atomic E-state index is -5.04. The van der Waals surface area contributed by atoms with E-state index in [9.17, 15) is 89.7 Å². The van der Waals surface area contributed by atoms with E-state index in [0.717, 1.165) is 49.6 Å². The second-order valence-electron chi connectivity index (χ2n) is 13.2. The van der Waals surface area contributed by atoms with Crippen molar-refractivity contribution in [2.75, 3.05) is 20.3 Å². The van der Waals surface area contributed by atoms with Crippen molar-refractivity contribution in [2.45, 2.75) is 95.0 Å². The smallest absolute Gasteiger partial charge is 1.00 e. The molecular formula is C35H37BF16N2NaO9. The SMILES string of the molecule is CO.O=C(CC(=O)C1(C(F)(F)F)CC1)N[C@@H](COC(F)F)c1cccc(OC(F)(F)F)c1.O=C(CC(O)C1(C(F)(F)F)CC1)N[C@@H](COC(F)F)c1cccc(OC(F)(F)F)c1.[B].[H-].[Na+]. The van der Waals surface area contributed by atoms with E-state index in [1.807, 2.05) is 5.32 Å². The van der Waals surface area contributed by atoms with Gasteiger partial charge in [-0.25, -0.2) is 0 Å². The van der Waals surface area contributed by atoms with Gasteiger partial charge in [0, 0.05) is 15.5 Å². The Morgan fingerprint density at radius 2 is 1.06 bits per heavy atom. The first-order chi connectivity index (χ1) is 28.5.